The van der Waals surface area contributed by atoms with Crippen LogP contribution >= 0.6 is 0 Å². The van der Waals surface area contributed by atoms with Crippen molar-refractivity contribution in [3.63, 3.8) is 0 Å². The first-order chi connectivity index (χ1) is 10.2. The molecule has 0 bridgehead atoms. The van der Waals surface area contributed by atoms with Crippen molar-refractivity contribution in [3.05, 3.63) is 30.3 Å². The van der Waals surface area contributed by atoms with E-state index in [-0.39, 0.29) is 18.2 Å². The number of aliphatic hydroxyl groups excluding tert-OH is 1. The molecule has 1 aromatic rings. The Hall–Kier alpha value is -1.10. The van der Waals surface area contributed by atoms with Crippen molar-refractivity contribution in [2.45, 2.75) is 37.5 Å². The van der Waals surface area contributed by atoms with Gasteiger partial charge in [-0.25, -0.2) is 0 Å². The summed E-state index contributed by atoms with van der Waals surface area (Å²) in [7, 11) is 2.16. The Morgan fingerprint density at radius 1 is 1.05 bits per heavy atom. The Labute approximate surface area is 127 Å². The fraction of sp³-hybridized carbons (Fsp3) is 0.647. The van der Waals surface area contributed by atoms with E-state index in [2.05, 4.69) is 16.8 Å². The lowest BCUT2D eigenvalue weighted by molar-refractivity contribution is -0.0618. The minimum absolute atomic E-state index is 0.0780. The fourth-order valence-electron chi connectivity index (χ4n) is 3.47. The Kier molecular flexibility index (Phi) is 4.78. The molecule has 3 atom stereocenters. The van der Waals surface area contributed by atoms with Crippen LogP contribution in [0.1, 0.15) is 19.3 Å². The quantitative estimate of drug-likeness (QED) is 0.917. The van der Waals surface area contributed by atoms with Gasteiger partial charge >= 0.3 is 0 Å². The highest BCUT2D eigenvalue weighted by Gasteiger charge is 2.37. The number of hydrogen-bond donors (Lipinski definition) is 1. The number of rotatable bonds is 3. The molecule has 1 aliphatic heterocycles. The maximum absolute atomic E-state index is 10.7. The molecule has 2 fully saturated rings. The Bertz CT molecular complexity index is 432. The SMILES string of the molecule is CN1CCN([C@H]2CCC[C@@H](Oc3ccccc3)[C@@H]2O)CC1. The summed E-state index contributed by atoms with van der Waals surface area (Å²) in [6, 6.07) is 10.1. The van der Waals surface area contributed by atoms with Gasteiger partial charge in [-0.3, -0.25) is 4.90 Å². The number of piperazine rings is 1. The molecule has 3 rings (SSSR count). The number of ether oxygens (including phenoxy) is 1. The van der Waals surface area contributed by atoms with Crippen LogP contribution in [0, 0.1) is 0 Å². The molecule has 0 unspecified atom stereocenters. The van der Waals surface area contributed by atoms with Gasteiger partial charge in [0.15, 0.2) is 0 Å². The van der Waals surface area contributed by atoms with Gasteiger partial charge in [0.1, 0.15) is 18.0 Å². The van der Waals surface area contributed by atoms with Gasteiger partial charge in [-0.2, -0.15) is 0 Å². The molecule has 1 saturated carbocycles. The van der Waals surface area contributed by atoms with Crippen molar-refractivity contribution >= 4 is 0 Å². The van der Waals surface area contributed by atoms with Crippen LogP contribution in [0.2, 0.25) is 0 Å². The van der Waals surface area contributed by atoms with Gasteiger partial charge in [-0.05, 0) is 38.4 Å². The Morgan fingerprint density at radius 3 is 2.48 bits per heavy atom. The molecule has 21 heavy (non-hydrogen) atoms. The molecule has 2 aliphatic rings. The van der Waals surface area contributed by atoms with Crippen LogP contribution in [0.3, 0.4) is 0 Å². The van der Waals surface area contributed by atoms with Crippen LogP contribution in [-0.2, 0) is 0 Å². The lowest BCUT2D eigenvalue weighted by Gasteiger charge is -2.44. The van der Waals surface area contributed by atoms with Gasteiger partial charge < -0.3 is 14.7 Å². The molecule has 0 amide bonds. The highest BCUT2D eigenvalue weighted by atomic mass is 16.5. The minimum atomic E-state index is -0.387. The summed E-state index contributed by atoms with van der Waals surface area (Å²) in [5, 5.41) is 10.7. The van der Waals surface area contributed by atoms with Gasteiger partial charge in [0.05, 0.1) is 0 Å². The van der Waals surface area contributed by atoms with Crippen LogP contribution in [0.5, 0.6) is 5.75 Å². The van der Waals surface area contributed by atoms with Gasteiger partial charge in [-0.15, -0.1) is 0 Å². The number of para-hydroxylation sites is 1. The number of hydrogen-bond acceptors (Lipinski definition) is 4. The first kappa shape index (κ1) is 14.8. The first-order valence-corrected chi connectivity index (χ1v) is 8.06. The van der Waals surface area contributed by atoms with Gasteiger partial charge in [0.2, 0.25) is 0 Å². The van der Waals surface area contributed by atoms with E-state index >= 15 is 0 Å². The third-order valence-electron chi connectivity index (χ3n) is 4.80. The molecular formula is C17H26N2O2. The number of benzene rings is 1. The number of aliphatic hydroxyl groups is 1. The zero-order chi connectivity index (χ0) is 14.7. The van der Waals surface area contributed by atoms with E-state index in [0.717, 1.165) is 51.2 Å². The summed E-state index contributed by atoms with van der Waals surface area (Å²) in [4.78, 5) is 4.80. The molecule has 116 valence electrons. The molecule has 4 nitrogen and oxygen atoms in total. The van der Waals surface area contributed by atoms with Crippen LogP contribution in [-0.4, -0.2) is 66.4 Å². The van der Waals surface area contributed by atoms with Crippen molar-refractivity contribution in [1.82, 2.24) is 9.80 Å². The lowest BCUT2D eigenvalue weighted by Crippen LogP contribution is -2.57. The molecule has 1 N–H and O–H groups in total. The summed E-state index contributed by atoms with van der Waals surface area (Å²) in [6.45, 7) is 4.29. The second-order valence-electron chi connectivity index (χ2n) is 6.30. The second kappa shape index (κ2) is 6.77. The average molecular weight is 290 g/mol. The molecule has 1 saturated heterocycles. The van der Waals surface area contributed by atoms with Crippen molar-refractivity contribution in [2.75, 3.05) is 33.2 Å². The summed E-state index contributed by atoms with van der Waals surface area (Å²) in [6.07, 6.45) is 2.69. The van der Waals surface area contributed by atoms with E-state index in [1.165, 1.54) is 0 Å². The molecule has 0 aromatic heterocycles. The third kappa shape index (κ3) is 3.57. The van der Waals surface area contributed by atoms with Crippen molar-refractivity contribution in [3.8, 4) is 5.75 Å². The van der Waals surface area contributed by atoms with Gasteiger partial charge in [0.25, 0.3) is 0 Å². The molecule has 1 heterocycles. The van der Waals surface area contributed by atoms with E-state index in [1.54, 1.807) is 0 Å². The van der Waals surface area contributed by atoms with Crippen LogP contribution in [0.15, 0.2) is 30.3 Å². The van der Waals surface area contributed by atoms with E-state index in [9.17, 15) is 5.11 Å². The maximum atomic E-state index is 10.7. The largest absolute Gasteiger partial charge is 0.488 e. The van der Waals surface area contributed by atoms with Gasteiger partial charge in [-0.1, -0.05) is 18.2 Å². The summed E-state index contributed by atoms with van der Waals surface area (Å²) in [5.74, 6) is 0.862. The molecule has 1 aromatic carbocycles. The normalized spacial score (nSPS) is 32.0. The maximum Gasteiger partial charge on any atom is 0.126 e. The summed E-state index contributed by atoms with van der Waals surface area (Å²) in [5.41, 5.74) is 0. The van der Waals surface area contributed by atoms with Crippen LogP contribution in [0.25, 0.3) is 0 Å². The Balaban J connectivity index is 1.62. The third-order valence-corrected chi connectivity index (χ3v) is 4.80. The molecular weight excluding hydrogens is 264 g/mol. The topological polar surface area (TPSA) is 35.9 Å². The first-order valence-electron chi connectivity index (χ1n) is 8.06. The van der Waals surface area contributed by atoms with Crippen LogP contribution in [0.4, 0.5) is 0 Å². The van der Waals surface area contributed by atoms with E-state index < -0.39 is 0 Å². The highest BCUT2D eigenvalue weighted by Crippen LogP contribution is 2.27. The smallest absolute Gasteiger partial charge is 0.126 e. The highest BCUT2D eigenvalue weighted by molar-refractivity contribution is 5.21. The van der Waals surface area contributed by atoms with Crippen LogP contribution < -0.4 is 4.74 Å². The van der Waals surface area contributed by atoms with Crippen molar-refractivity contribution < 1.29 is 9.84 Å². The zero-order valence-electron chi connectivity index (χ0n) is 12.8. The summed E-state index contributed by atoms with van der Waals surface area (Å²) >= 11 is 0. The van der Waals surface area contributed by atoms with E-state index in [0.29, 0.717) is 0 Å². The van der Waals surface area contributed by atoms with E-state index in [1.807, 2.05) is 30.3 Å². The molecule has 0 spiro atoms. The predicted octanol–water partition coefficient (Wildman–Crippen LogP) is 1.59. The second-order valence-corrected chi connectivity index (χ2v) is 6.30. The minimum Gasteiger partial charge on any atom is -0.488 e. The van der Waals surface area contributed by atoms with Crippen molar-refractivity contribution in [1.29, 1.82) is 0 Å². The van der Waals surface area contributed by atoms with E-state index in [4.69, 9.17) is 4.74 Å². The lowest BCUT2D eigenvalue weighted by atomic mass is 9.88. The standard InChI is InChI=1S/C17H26N2O2/c1-18-10-12-19(13-11-18)15-8-5-9-16(17(15)20)21-14-6-3-2-4-7-14/h2-4,6-7,15-17,20H,5,8-13H2,1H3/t15-,16+,17+/m0/s1. The molecule has 4 heteroatoms. The summed E-state index contributed by atoms with van der Waals surface area (Å²) < 4.78 is 6.02. The number of nitrogens with zero attached hydrogens (tertiary/aromatic N) is 2. The van der Waals surface area contributed by atoms with Gasteiger partial charge in [0, 0.05) is 32.2 Å². The number of likely N-dealkylation sites (N-methyl/N-ethyl adjacent to an activating group) is 1. The fourth-order valence-corrected chi connectivity index (χ4v) is 3.47. The molecule has 0 radical (unpaired) electrons. The van der Waals surface area contributed by atoms with Crippen molar-refractivity contribution in [2.24, 2.45) is 0 Å². The molecule has 1 aliphatic carbocycles. The average Bonchev–Trinajstić information content (AvgIpc) is 2.52. The predicted molar refractivity (Wildman–Crippen MR) is 83.6 cm³/mol. The monoisotopic (exact) mass is 290 g/mol. The Morgan fingerprint density at radius 2 is 1.76 bits per heavy atom. The zero-order valence-corrected chi connectivity index (χ0v) is 12.8.